The molecule has 2 unspecified atom stereocenters. The number of nitrogens with one attached hydrogen (secondary N) is 1. The van der Waals surface area contributed by atoms with Gasteiger partial charge in [-0.3, -0.25) is 4.21 Å². The van der Waals surface area contributed by atoms with Gasteiger partial charge in [-0.05, 0) is 24.6 Å². The second-order valence-electron chi connectivity index (χ2n) is 4.24. The van der Waals surface area contributed by atoms with Gasteiger partial charge in [0.15, 0.2) is 0 Å². The SMILES string of the molecule is CC(CS(C)=O)NS(=O)(=O)c1ccc(CC#N)cc1. The molecule has 0 bridgehead atoms. The fourth-order valence-corrected chi connectivity index (χ4v) is 3.73. The monoisotopic (exact) mass is 300 g/mol. The molecule has 0 amide bonds. The number of benzene rings is 1. The van der Waals surface area contributed by atoms with Gasteiger partial charge in [-0.15, -0.1) is 0 Å². The third kappa shape index (κ3) is 5.11. The molecular weight excluding hydrogens is 284 g/mol. The summed E-state index contributed by atoms with van der Waals surface area (Å²) in [5.41, 5.74) is 0.768. The Balaban J connectivity index is 2.83. The van der Waals surface area contributed by atoms with E-state index in [4.69, 9.17) is 5.26 Å². The van der Waals surface area contributed by atoms with E-state index in [-0.39, 0.29) is 17.1 Å². The summed E-state index contributed by atoms with van der Waals surface area (Å²) in [7, 11) is -4.66. The minimum atomic E-state index is -3.60. The first-order valence-electron chi connectivity index (χ1n) is 5.63. The molecule has 0 heterocycles. The molecule has 0 saturated heterocycles. The van der Waals surface area contributed by atoms with Gasteiger partial charge in [-0.1, -0.05) is 12.1 Å². The Morgan fingerprint density at radius 1 is 1.37 bits per heavy atom. The zero-order valence-corrected chi connectivity index (χ0v) is 12.4. The normalized spacial score (nSPS) is 14.6. The van der Waals surface area contributed by atoms with Crippen molar-refractivity contribution in [3.05, 3.63) is 29.8 Å². The minimum Gasteiger partial charge on any atom is -0.260 e. The number of hydrogen-bond acceptors (Lipinski definition) is 4. The summed E-state index contributed by atoms with van der Waals surface area (Å²) in [6.45, 7) is 1.67. The molecule has 104 valence electrons. The van der Waals surface area contributed by atoms with Crippen LogP contribution in [0, 0.1) is 11.3 Å². The summed E-state index contributed by atoms with van der Waals surface area (Å²) >= 11 is 0. The highest BCUT2D eigenvalue weighted by atomic mass is 32.2. The highest BCUT2D eigenvalue weighted by molar-refractivity contribution is 7.89. The van der Waals surface area contributed by atoms with Crippen molar-refractivity contribution in [1.29, 1.82) is 5.26 Å². The lowest BCUT2D eigenvalue weighted by Crippen LogP contribution is -2.36. The van der Waals surface area contributed by atoms with Gasteiger partial charge in [0, 0.05) is 28.9 Å². The van der Waals surface area contributed by atoms with E-state index in [1.165, 1.54) is 18.4 Å². The lowest BCUT2D eigenvalue weighted by Gasteiger charge is -2.13. The van der Waals surface area contributed by atoms with E-state index in [2.05, 4.69) is 4.72 Å². The first kappa shape index (κ1) is 15.8. The van der Waals surface area contributed by atoms with Crippen LogP contribution in [0.25, 0.3) is 0 Å². The van der Waals surface area contributed by atoms with Gasteiger partial charge in [0.05, 0.1) is 17.4 Å². The Labute approximate surface area is 116 Å². The van der Waals surface area contributed by atoms with Crippen LogP contribution in [0.1, 0.15) is 12.5 Å². The molecular formula is C12H16N2O3S2. The molecule has 0 aromatic heterocycles. The van der Waals surface area contributed by atoms with E-state index in [1.54, 1.807) is 19.1 Å². The summed E-state index contributed by atoms with van der Waals surface area (Å²) in [6.07, 6.45) is 1.78. The van der Waals surface area contributed by atoms with E-state index in [0.29, 0.717) is 0 Å². The summed E-state index contributed by atoms with van der Waals surface area (Å²) in [5.74, 6) is 0.270. The maximum atomic E-state index is 12.0. The molecule has 0 fully saturated rings. The van der Waals surface area contributed by atoms with E-state index in [0.717, 1.165) is 5.56 Å². The Morgan fingerprint density at radius 2 is 1.95 bits per heavy atom. The molecule has 1 N–H and O–H groups in total. The van der Waals surface area contributed by atoms with Gasteiger partial charge in [0.25, 0.3) is 0 Å². The van der Waals surface area contributed by atoms with Crippen LogP contribution in [0.5, 0.6) is 0 Å². The van der Waals surface area contributed by atoms with Crippen molar-refractivity contribution in [2.75, 3.05) is 12.0 Å². The third-order valence-electron chi connectivity index (χ3n) is 2.36. The molecule has 1 aromatic carbocycles. The highest BCUT2D eigenvalue weighted by Gasteiger charge is 2.17. The molecule has 0 spiro atoms. The Bertz CT molecular complexity index is 588. The average molecular weight is 300 g/mol. The number of nitriles is 1. The van der Waals surface area contributed by atoms with Gasteiger partial charge < -0.3 is 0 Å². The molecule has 1 rings (SSSR count). The Kier molecular flexibility index (Phi) is 5.66. The van der Waals surface area contributed by atoms with Crippen LogP contribution in [0.2, 0.25) is 0 Å². The molecule has 1 aromatic rings. The van der Waals surface area contributed by atoms with Crippen LogP contribution in [0.4, 0.5) is 0 Å². The van der Waals surface area contributed by atoms with Crippen molar-refractivity contribution in [3.8, 4) is 6.07 Å². The van der Waals surface area contributed by atoms with Crippen molar-refractivity contribution >= 4 is 20.8 Å². The predicted molar refractivity (Wildman–Crippen MR) is 74.5 cm³/mol. The van der Waals surface area contributed by atoms with Crippen LogP contribution in [-0.4, -0.2) is 30.7 Å². The molecule has 0 aliphatic rings. The van der Waals surface area contributed by atoms with Crippen molar-refractivity contribution in [2.45, 2.75) is 24.3 Å². The lowest BCUT2D eigenvalue weighted by atomic mass is 10.2. The number of rotatable bonds is 6. The summed E-state index contributed by atoms with van der Waals surface area (Å²) in [5, 5.41) is 8.54. The number of sulfonamides is 1. The van der Waals surface area contributed by atoms with Crippen LogP contribution in [0.3, 0.4) is 0 Å². The quantitative estimate of drug-likeness (QED) is 0.841. The third-order valence-corrected chi connectivity index (χ3v) is 4.93. The zero-order valence-electron chi connectivity index (χ0n) is 10.8. The van der Waals surface area contributed by atoms with Gasteiger partial charge in [-0.2, -0.15) is 5.26 Å². The second kappa shape index (κ2) is 6.80. The van der Waals surface area contributed by atoms with Crippen LogP contribution >= 0.6 is 0 Å². The zero-order chi connectivity index (χ0) is 14.5. The maximum absolute atomic E-state index is 12.0. The van der Waals surface area contributed by atoms with Gasteiger partial charge in [-0.25, -0.2) is 13.1 Å². The smallest absolute Gasteiger partial charge is 0.240 e. The molecule has 2 atom stereocenters. The number of hydrogen-bond donors (Lipinski definition) is 1. The molecule has 0 radical (unpaired) electrons. The van der Waals surface area contributed by atoms with E-state index in [1.807, 2.05) is 6.07 Å². The predicted octanol–water partition coefficient (Wildman–Crippen LogP) is 0.798. The van der Waals surface area contributed by atoms with E-state index < -0.39 is 26.9 Å². The largest absolute Gasteiger partial charge is 0.260 e. The van der Waals surface area contributed by atoms with Gasteiger partial charge in [0.1, 0.15) is 0 Å². The molecule has 0 aliphatic heterocycles. The van der Waals surface area contributed by atoms with Gasteiger partial charge in [0.2, 0.25) is 10.0 Å². The topological polar surface area (TPSA) is 87.0 Å². The van der Waals surface area contributed by atoms with Crippen molar-refractivity contribution in [3.63, 3.8) is 0 Å². The van der Waals surface area contributed by atoms with Crippen molar-refractivity contribution < 1.29 is 12.6 Å². The van der Waals surface area contributed by atoms with Crippen molar-refractivity contribution in [1.82, 2.24) is 4.72 Å². The Hall–Kier alpha value is -1.23. The molecule has 19 heavy (non-hydrogen) atoms. The highest BCUT2D eigenvalue weighted by Crippen LogP contribution is 2.11. The Morgan fingerprint density at radius 3 is 2.42 bits per heavy atom. The second-order valence-corrected chi connectivity index (χ2v) is 7.43. The van der Waals surface area contributed by atoms with E-state index in [9.17, 15) is 12.6 Å². The first-order valence-corrected chi connectivity index (χ1v) is 8.84. The minimum absolute atomic E-state index is 0.142. The van der Waals surface area contributed by atoms with Crippen LogP contribution in [-0.2, 0) is 27.2 Å². The first-order chi connectivity index (χ1) is 8.85. The lowest BCUT2D eigenvalue weighted by molar-refractivity contribution is 0.570. The molecule has 7 heteroatoms. The summed E-state index contributed by atoms with van der Waals surface area (Å²) in [6, 6.07) is 7.75. The average Bonchev–Trinajstić information content (AvgIpc) is 2.28. The molecule has 0 aliphatic carbocycles. The van der Waals surface area contributed by atoms with Gasteiger partial charge >= 0.3 is 0 Å². The number of nitrogens with zero attached hydrogens (tertiary/aromatic N) is 1. The van der Waals surface area contributed by atoms with Crippen molar-refractivity contribution in [2.24, 2.45) is 0 Å². The maximum Gasteiger partial charge on any atom is 0.240 e. The standard InChI is InChI=1S/C12H16N2O3S2/c1-10(9-18(2)15)14-19(16,17)12-5-3-11(4-6-12)7-8-13/h3-6,10,14H,7,9H2,1-2H3. The van der Waals surface area contributed by atoms with Crippen LogP contribution < -0.4 is 4.72 Å². The summed E-state index contributed by atoms with van der Waals surface area (Å²) in [4.78, 5) is 0.142. The molecule has 0 saturated carbocycles. The fourth-order valence-electron chi connectivity index (χ4n) is 1.60. The fraction of sp³-hybridized carbons (Fsp3) is 0.417. The van der Waals surface area contributed by atoms with E-state index >= 15 is 0 Å². The summed E-state index contributed by atoms with van der Waals surface area (Å²) < 4.78 is 37.5. The van der Waals surface area contributed by atoms with Crippen LogP contribution in [0.15, 0.2) is 29.2 Å². The molecule has 5 nitrogen and oxygen atoms in total.